The maximum absolute atomic E-state index is 4.82. The van der Waals surface area contributed by atoms with E-state index in [0.29, 0.717) is 6.42 Å². The number of rotatable bonds is 3. The maximum Gasteiger partial charge on any atom is 0.136 e. The van der Waals surface area contributed by atoms with E-state index in [1.54, 1.807) is 0 Å². The molecule has 0 N–H and O–H groups in total. The average Bonchev–Trinajstić information content (AvgIpc) is 2.61. The molecule has 2 aromatic heterocycles. The molecular formula is C21H24N4. The van der Waals surface area contributed by atoms with E-state index < -0.39 is 0 Å². The van der Waals surface area contributed by atoms with Crippen molar-refractivity contribution in [2.45, 2.75) is 59.3 Å². The van der Waals surface area contributed by atoms with Gasteiger partial charge in [0.1, 0.15) is 11.6 Å². The van der Waals surface area contributed by atoms with Gasteiger partial charge in [0.15, 0.2) is 0 Å². The molecule has 4 heteroatoms. The minimum Gasteiger partial charge on any atom is -0.237 e. The van der Waals surface area contributed by atoms with Crippen molar-refractivity contribution in [2.75, 3.05) is 0 Å². The fourth-order valence-electron chi connectivity index (χ4n) is 3.75. The number of fused-ring (bicyclic) bond motifs is 2. The molecule has 0 fully saturated rings. The SMILES string of the molecule is CCc1ccc2nc(Cc3nc(C)c4c(n3)CCCC4)nc(C)c2c1. The summed E-state index contributed by atoms with van der Waals surface area (Å²) in [7, 11) is 0. The van der Waals surface area contributed by atoms with Crippen LogP contribution in [0.2, 0.25) is 0 Å². The highest BCUT2D eigenvalue weighted by molar-refractivity contribution is 5.81. The van der Waals surface area contributed by atoms with Gasteiger partial charge >= 0.3 is 0 Å². The molecule has 2 heterocycles. The lowest BCUT2D eigenvalue weighted by atomic mass is 9.95. The summed E-state index contributed by atoms with van der Waals surface area (Å²) in [5.74, 6) is 1.66. The zero-order valence-corrected chi connectivity index (χ0v) is 15.3. The predicted molar refractivity (Wildman–Crippen MR) is 99.9 cm³/mol. The summed E-state index contributed by atoms with van der Waals surface area (Å²) in [4.78, 5) is 19.0. The molecular weight excluding hydrogens is 308 g/mol. The van der Waals surface area contributed by atoms with Crippen LogP contribution in [0.1, 0.15) is 59.6 Å². The highest BCUT2D eigenvalue weighted by atomic mass is 14.9. The number of benzene rings is 1. The Morgan fingerprint density at radius 3 is 2.48 bits per heavy atom. The molecule has 0 unspecified atom stereocenters. The highest BCUT2D eigenvalue weighted by Gasteiger charge is 2.16. The lowest BCUT2D eigenvalue weighted by Crippen LogP contribution is -2.13. The molecule has 0 saturated carbocycles. The van der Waals surface area contributed by atoms with Crippen LogP contribution in [0.3, 0.4) is 0 Å². The first-order valence-electron chi connectivity index (χ1n) is 9.25. The van der Waals surface area contributed by atoms with Crippen LogP contribution >= 0.6 is 0 Å². The van der Waals surface area contributed by atoms with Gasteiger partial charge in [0, 0.05) is 22.5 Å². The molecule has 0 radical (unpaired) electrons. The molecule has 0 atom stereocenters. The van der Waals surface area contributed by atoms with Gasteiger partial charge in [0.2, 0.25) is 0 Å². The van der Waals surface area contributed by atoms with Gasteiger partial charge < -0.3 is 0 Å². The number of hydrogen-bond donors (Lipinski definition) is 0. The van der Waals surface area contributed by atoms with Crippen molar-refractivity contribution < 1.29 is 0 Å². The van der Waals surface area contributed by atoms with Crippen molar-refractivity contribution in [1.29, 1.82) is 0 Å². The summed E-state index contributed by atoms with van der Waals surface area (Å²) in [6.45, 7) is 6.33. The van der Waals surface area contributed by atoms with E-state index >= 15 is 0 Å². The average molecular weight is 332 g/mol. The summed E-state index contributed by atoms with van der Waals surface area (Å²) in [6.07, 6.45) is 6.30. The number of nitrogens with zero attached hydrogens (tertiary/aromatic N) is 4. The Morgan fingerprint density at radius 2 is 1.64 bits per heavy atom. The lowest BCUT2D eigenvalue weighted by molar-refractivity contribution is 0.648. The Labute approximate surface area is 148 Å². The molecule has 0 aliphatic heterocycles. The van der Waals surface area contributed by atoms with E-state index in [2.05, 4.69) is 39.0 Å². The van der Waals surface area contributed by atoms with Crippen LogP contribution in [-0.2, 0) is 25.7 Å². The molecule has 0 saturated heterocycles. The molecule has 1 aliphatic rings. The molecule has 1 aliphatic carbocycles. The van der Waals surface area contributed by atoms with Crippen molar-refractivity contribution >= 4 is 10.9 Å². The van der Waals surface area contributed by atoms with E-state index in [0.717, 1.165) is 53.2 Å². The van der Waals surface area contributed by atoms with Crippen LogP contribution in [0.25, 0.3) is 10.9 Å². The smallest absolute Gasteiger partial charge is 0.136 e. The second-order valence-corrected chi connectivity index (χ2v) is 6.96. The van der Waals surface area contributed by atoms with E-state index in [9.17, 15) is 0 Å². The Hall–Kier alpha value is -2.36. The Morgan fingerprint density at radius 1 is 0.880 bits per heavy atom. The number of aromatic nitrogens is 4. The van der Waals surface area contributed by atoms with Crippen LogP contribution in [0.4, 0.5) is 0 Å². The fraction of sp³-hybridized carbons (Fsp3) is 0.429. The van der Waals surface area contributed by atoms with Crippen molar-refractivity contribution in [1.82, 2.24) is 19.9 Å². The first-order chi connectivity index (χ1) is 12.1. The summed E-state index contributed by atoms with van der Waals surface area (Å²) in [5.41, 5.74) is 7.08. The summed E-state index contributed by atoms with van der Waals surface area (Å²) in [6, 6.07) is 6.46. The summed E-state index contributed by atoms with van der Waals surface area (Å²) >= 11 is 0. The maximum atomic E-state index is 4.82. The second kappa shape index (κ2) is 6.51. The van der Waals surface area contributed by atoms with E-state index in [1.807, 2.05) is 0 Å². The minimum absolute atomic E-state index is 0.598. The molecule has 1 aromatic carbocycles. The molecule has 3 aromatic rings. The third kappa shape index (κ3) is 3.13. The lowest BCUT2D eigenvalue weighted by Gasteiger charge is -2.17. The van der Waals surface area contributed by atoms with Gasteiger partial charge in [0.05, 0.1) is 11.9 Å². The van der Waals surface area contributed by atoms with Gasteiger partial charge in [-0.05, 0) is 69.2 Å². The van der Waals surface area contributed by atoms with Gasteiger partial charge in [-0.25, -0.2) is 19.9 Å². The van der Waals surface area contributed by atoms with Crippen molar-refractivity contribution in [3.8, 4) is 0 Å². The van der Waals surface area contributed by atoms with E-state index in [-0.39, 0.29) is 0 Å². The minimum atomic E-state index is 0.598. The normalized spacial score (nSPS) is 13.9. The Bertz CT molecular complexity index is 946. The van der Waals surface area contributed by atoms with Gasteiger partial charge in [-0.3, -0.25) is 0 Å². The number of aryl methyl sites for hydroxylation is 4. The Balaban J connectivity index is 1.70. The van der Waals surface area contributed by atoms with Crippen LogP contribution in [-0.4, -0.2) is 19.9 Å². The zero-order valence-electron chi connectivity index (χ0n) is 15.3. The van der Waals surface area contributed by atoms with Crippen molar-refractivity contribution in [2.24, 2.45) is 0 Å². The van der Waals surface area contributed by atoms with Crippen LogP contribution < -0.4 is 0 Å². The fourth-order valence-corrected chi connectivity index (χ4v) is 3.75. The molecule has 128 valence electrons. The van der Waals surface area contributed by atoms with Crippen LogP contribution in [0.5, 0.6) is 0 Å². The van der Waals surface area contributed by atoms with Gasteiger partial charge in [-0.15, -0.1) is 0 Å². The molecule has 25 heavy (non-hydrogen) atoms. The van der Waals surface area contributed by atoms with Crippen molar-refractivity contribution in [3.05, 3.63) is 58.1 Å². The first kappa shape index (κ1) is 16.1. The third-order valence-electron chi connectivity index (χ3n) is 5.16. The van der Waals surface area contributed by atoms with Crippen molar-refractivity contribution in [3.63, 3.8) is 0 Å². The monoisotopic (exact) mass is 332 g/mol. The van der Waals surface area contributed by atoms with Crippen LogP contribution in [0.15, 0.2) is 18.2 Å². The molecule has 0 spiro atoms. The standard InChI is InChI=1S/C21H24N4/c1-4-15-9-10-19-17(11-15)14(3)23-21(25-19)12-20-22-13(2)16-7-5-6-8-18(16)24-20/h9-11H,4-8,12H2,1-3H3. The van der Waals surface area contributed by atoms with Gasteiger partial charge in [0.25, 0.3) is 0 Å². The molecule has 0 amide bonds. The number of hydrogen-bond acceptors (Lipinski definition) is 4. The summed E-state index contributed by atoms with van der Waals surface area (Å²) in [5, 5.41) is 1.14. The second-order valence-electron chi connectivity index (χ2n) is 6.96. The first-order valence-corrected chi connectivity index (χ1v) is 9.25. The van der Waals surface area contributed by atoms with E-state index in [4.69, 9.17) is 19.9 Å². The Kier molecular flexibility index (Phi) is 4.20. The highest BCUT2D eigenvalue weighted by Crippen LogP contribution is 2.23. The largest absolute Gasteiger partial charge is 0.237 e. The van der Waals surface area contributed by atoms with Gasteiger partial charge in [-0.1, -0.05) is 13.0 Å². The van der Waals surface area contributed by atoms with Gasteiger partial charge in [-0.2, -0.15) is 0 Å². The van der Waals surface area contributed by atoms with E-state index in [1.165, 1.54) is 29.7 Å². The predicted octanol–water partition coefficient (Wildman–Crippen LogP) is 4.07. The summed E-state index contributed by atoms with van der Waals surface area (Å²) < 4.78 is 0. The third-order valence-corrected chi connectivity index (χ3v) is 5.16. The van der Waals surface area contributed by atoms with Crippen LogP contribution in [0, 0.1) is 13.8 Å². The molecule has 4 nitrogen and oxygen atoms in total. The molecule has 4 rings (SSSR count). The molecule has 0 bridgehead atoms. The quantitative estimate of drug-likeness (QED) is 0.725. The topological polar surface area (TPSA) is 51.6 Å². The zero-order chi connectivity index (χ0) is 17.4.